The molecule has 2 aliphatic carbocycles. The molecule has 0 spiro atoms. The predicted octanol–water partition coefficient (Wildman–Crippen LogP) is 3.67. The van der Waals surface area contributed by atoms with Gasteiger partial charge in [0, 0.05) is 11.5 Å². The lowest BCUT2D eigenvalue weighted by Gasteiger charge is -2.50. The van der Waals surface area contributed by atoms with E-state index in [4.69, 9.17) is 23.2 Å². The van der Waals surface area contributed by atoms with Gasteiger partial charge in [0.05, 0.1) is 17.5 Å². The van der Waals surface area contributed by atoms with Gasteiger partial charge in [-0.05, 0) is 42.4 Å². The Hall–Kier alpha value is -4.38. The van der Waals surface area contributed by atoms with Crippen molar-refractivity contribution in [2.45, 2.75) is 28.5 Å². The zero-order valence-electron chi connectivity index (χ0n) is 24.8. The first-order valence-electron chi connectivity index (χ1n) is 14.8. The van der Waals surface area contributed by atoms with Gasteiger partial charge in [0.1, 0.15) is 5.69 Å². The molecule has 2 aliphatic heterocycles. The molecule has 3 aromatic rings. The number of imide groups is 2. The highest BCUT2D eigenvalue weighted by molar-refractivity contribution is 6.59. The number of phenolic OH excluding ortho intramolecular Hbond substituents is 1. The van der Waals surface area contributed by atoms with Crippen LogP contribution in [0.3, 0.4) is 0 Å². The molecule has 6 atom stereocenters. The molecule has 7 rings (SSSR count). The van der Waals surface area contributed by atoms with E-state index < -0.39 is 122 Å². The number of alkyl halides is 2. The van der Waals surface area contributed by atoms with Crippen LogP contribution >= 0.6 is 23.2 Å². The van der Waals surface area contributed by atoms with Crippen molar-refractivity contribution >= 4 is 70.8 Å². The van der Waals surface area contributed by atoms with Gasteiger partial charge in [-0.1, -0.05) is 35.9 Å². The molecule has 50 heavy (non-hydrogen) atoms. The van der Waals surface area contributed by atoms with Crippen LogP contribution in [0.1, 0.15) is 24.3 Å². The number of anilines is 2. The summed E-state index contributed by atoms with van der Waals surface area (Å²) in [6, 6.07) is 8.21. The quantitative estimate of drug-likeness (QED) is 0.0708. The molecule has 3 aromatic carbocycles. The Balaban J connectivity index is 1.43. The number of nitrogens with zero attached hydrogens (tertiary/aromatic N) is 2. The van der Waals surface area contributed by atoms with Gasteiger partial charge in [-0.3, -0.25) is 24.1 Å². The molecule has 4 aliphatic rings. The SMILES string of the molecule is O=C1[C@H]2[C@H](CC=C3[C@H]2C[C@@]2(Cl)C(=O)N(c4c(F)c(F)c(F)c(F)c4F)C(=O)[C@@]2(Cl)[C@H]3c2cccc(F)c2O)C(=O)N1c1cccc(B(O)O)c1. The summed E-state index contributed by atoms with van der Waals surface area (Å²) in [6.45, 7) is 0. The van der Waals surface area contributed by atoms with Crippen molar-refractivity contribution in [2.75, 3.05) is 9.80 Å². The monoisotopic (exact) mass is 738 g/mol. The molecular formula is C32H19BCl2F6N2O7. The molecule has 0 radical (unpaired) electrons. The van der Waals surface area contributed by atoms with Gasteiger partial charge < -0.3 is 15.2 Å². The standard InChI is InChI=1S/C32H19BCl2F6N2O7/c34-31-10-16-13(7-8-14-18(16)28(46)42(27(14)45)12-4-1-3-11(9-12)33(49)50)19(15-5-2-6-17(36)26(15)44)32(31,35)30(48)43(29(31)47)25-23(40)21(38)20(37)22(39)24(25)41/h1-7,9,14,16,18-19,44,49-50H,8,10H2/t14-,16+,18-,19+,31+,32-/m0/s1. The number of benzene rings is 3. The van der Waals surface area contributed by atoms with Crippen LogP contribution in [0, 0.1) is 52.7 Å². The number of fused-ring (bicyclic) bond motifs is 4. The molecular weight excluding hydrogens is 720 g/mol. The third-order valence-electron chi connectivity index (χ3n) is 9.98. The summed E-state index contributed by atoms with van der Waals surface area (Å²) in [7, 11) is -1.96. The molecule has 18 heteroatoms. The van der Waals surface area contributed by atoms with Crippen LogP contribution in [0.5, 0.6) is 5.75 Å². The van der Waals surface area contributed by atoms with E-state index in [1.807, 2.05) is 0 Å². The Morgan fingerprint density at radius 2 is 1.40 bits per heavy atom. The molecule has 258 valence electrons. The smallest absolute Gasteiger partial charge is 0.488 e. The number of aromatic hydroxyl groups is 1. The highest BCUT2D eigenvalue weighted by atomic mass is 35.5. The van der Waals surface area contributed by atoms with Gasteiger partial charge >= 0.3 is 7.12 Å². The second kappa shape index (κ2) is 11.3. The maximum atomic E-state index is 15.1. The molecule has 3 fully saturated rings. The molecule has 4 amide bonds. The first kappa shape index (κ1) is 34.1. The lowest BCUT2D eigenvalue weighted by atomic mass is 9.56. The summed E-state index contributed by atoms with van der Waals surface area (Å²) in [5, 5.41) is 30.2. The number of rotatable bonds is 4. The lowest BCUT2D eigenvalue weighted by molar-refractivity contribution is -0.125. The van der Waals surface area contributed by atoms with Crippen LogP contribution in [0.2, 0.25) is 0 Å². The second-order valence-corrected chi connectivity index (χ2v) is 13.6. The molecule has 1 saturated carbocycles. The average Bonchev–Trinajstić information content (AvgIpc) is 3.42. The van der Waals surface area contributed by atoms with E-state index in [0.717, 1.165) is 23.1 Å². The van der Waals surface area contributed by atoms with E-state index in [9.17, 15) is 51.9 Å². The number of halogens is 8. The van der Waals surface area contributed by atoms with Crippen LogP contribution in [-0.4, -0.2) is 55.7 Å². The molecule has 3 N–H and O–H groups in total. The summed E-state index contributed by atoms with van der Waals surface area (Å²) in [5.74, 6) is -25.8. The Labute approximate surface area is 287 Å². The van der Waals surface area contributed by atoms with Crippen molar-refractivity contribution in [3.05, 3.63) is 94.6 Å². The fraction of sp³-hybridized carbons (Fsp3) is 0.250. The molecule has 0 unspecified atom stereocenters. The first-order valence-corrected chi connectivity index (χ1v) is 15.5. The van der Waals surface area contributed by atoms with E-state index in [-0.39, 0.29) is 28.0 Å². The second-order valence-electron chi connectivity index (χ2n) is 12.4. The fourth-order valence-electron chi connectivity index (χ4n) is 7.76. The first-order chi connectivity index (χ1) is 23.5. The van der Waals surface area contributed by atoms with E-state index in [1.54, 1.807) is 0 Å². The molecule has 2 saturated heterocycles. The van der Waals surface area contributed by atoms with E-state index in [1.165, 1.54) is 30.3 Å². The van der Waals surface area contributed by atoms with Crippen molar-refractivity contribution in [3.8, 4) is 5.75 Å². The third kappa shape index (κ3) is 4.25. The Kier molecular flexibility index (Phi) is 7.72. The summed E-state index contributed by atoms with van der Waals surface area (Å²) >= 11 is 13.9. The number of hydrogen-bond acceptors (Lipinski definition) is 7. The van der Waals surface area contributed by atoms with Crippen LogP contribution in [0.25, 0.3) is 0 Å². The number of para-hydroxylation sites is 1. The predicted molar refractivity (Wildman–Crippen MR) is 163 cm³/mol. The Morgan fingerprint density at radius 3 is 2.04 bits per heavy atom. The minimum atomic E-state index is -2.94. The van der Waals surface area contributed by atoms with Gasteiger partial charge in [-0.2, -0.15) is 0 Å². The fourth-order valence-corrected chi connectivity index (χ4v) is 8.68. The average molecular weight is 739 g/mol. The minimum absolute atomic E-state index is 0.00127. The van der Waals surface area contributed by atoms with Gasteiger partial charge in [0.15, 0.2) is 44.6 Å². The number of allylic oxidation sites excluding steroid dienone is 2. The number of amides is 4. The largest absolute Gasteiger partial charge is 0.505 e. The molecule has 9 nitrogen and oxygen atoms in total. The van der Waals surface area contributed by atoms with E-state index >= 15 is 8.78 Å². The molecule has 0 aromatic heterocycles. The highest BCUT2D eigenvalue weighted by Gasteiger charge is 2.77. The van der Waals surface area contributed by atoms with Crippen molar-refractivity contribution in [1.82, 2.24) is 0 Å². The van der Waals surface area contributed by atoms with Crippen molar-refractivity contribution in [2.24, 2.45) is 17.8 Å². The maximum absolute atomic E-state index is 15.1. The van der Waals surface area contributed by atoms with E-state index in [2.05, 4.69) is 0 Å². The topological polar surface area (TPSA) is 135 Å². The van der Waals surface area contributed by atoms with Crippen molar-refractivity contribution < 1.29 is 60.7 Å². The maximum Gasteiger partial charge on any atom is 0.488 e. The summed E-state index contributed by atoms with van der Waals surface area (Å²) in [4.78, 5) is 50.9. The van der Waals surface area contributed by atoms with Crippen LogP contribution in [0.4, 0.5) is 37.7 Å². The lowest BCUT2D eigenvalue weighted by Crippen LogP contribution is -2.60. The number of carbonyl (C=O) groups is 4. The number of carbonyl (C=O) groups excluding carboxylic acids is 4. The highest BCUT2D eigenvalue weighted by Crippen LogP contribution is 2.66. The molecule has 0 bridgehead atoms. The molecule has 2 heterocycles. The van der Waals surface area contributed by atoms with E-state index in [0.29, 0.717) is 0 Å². The normalized spacial score (nSPS) is 28.9. The van der Waals surface area contributed by atoms with Gasteiger partial charge in [0.25, 0.3) is 11.8 Å². The number of phenols is 1. The van der Waals surface area contributed by atoms with Gasteiger partial charge in [0.2, 0.25) is 17.6 Å². The van der Waals surface area contributed by atoms with Crippen LogP contribution < -0.4 is 15.3 Å². The summed E-state index contributed by atoms with van der Waals surface area (Å²) in [6.07, 6.45) is 0.359. The van der Waals surface area contributed by atoms with Crippen molar-refractivity contribution in [1.29, 1.82) is 0 Å². The zero-order valence-corrected chi connectivity index (χ0v) is 26.3. The summed E-state index contributed by atoms with van der Waals surface area (Å²) in [5.41, 5.74) is -2.56. The van der Waals surface area contributed by atoms with Crippen LogP contribution in [0.15, 0.2) is 54.1 Å². The number of hydrogen-bond donors (Lipinski definition) is 3. The Morgan fingerprint density at radius 1 is 0.780 bits per heavy atom. The van der Waals surface area contributed by atoms with Crippen LogP contribution in [-0.2, 0) is 19.2 Å². The third-order valence-corrected chi connectivity index (χ3v) is 11.4. The van der Waals surface area contributed by atoms with Gasteiger partial charge in [-0.25, -0.2) is 31.2 Å². The minimum Gasteiger partial charge on any atom is -0.505 e. The Bertz CT molecular complexity index is 2090. The zero-order chi connectivity index (χ0) is 36.4. The van der Waals surface area contributed by atoms with Gasteiger partial charge in [-0.15, -0.1) is 23.2 Å². The van der Waals surface area contributed by atoms with Crippen molar-refractivity contribution in [3.63, 3.8) is 0 Å². The summed E-state index contributed by atoms with van der Waals surface area (Å²) < 4.78 is 87.8.